The lowest BCUT2D eigenvalue weighted by Crippen LogP contribution is -2.36. The first-order valence-electron chi connectivity index (χ1n) is 8.46. The zero-order valence-electron chi connectivity index (χ0n) is 15.0. The maximum absolute atomic E-state index is 12.6. The van der Waals surface area contributed by atoms with Crippen LogP contribution >= 0.6 is 0 Å². The van der Waals surface area contributed by atoms with Gasteiger partial charge in [0.2, 0.25) is 5.91 Å². The van der Waals surface area contributed by atoms with Crippen LogP contribution in [0, 0.1) is 0 Å². The number of rotatable bonds is 8. The molecule has 0 saturated heterocycles. The molecule has 0 aromatic heterocycles. The summed E-state index contributed by atoms with van der Waals surface area (Å²) in [5.74, 6) is -1.16. The highest BCUT2D eigenvalue weighted by Gasteiger charge is 2.28. The van der Waals surface area contributed by atoms with Crippen molar-refractivity contribution in [1.29, 1.82) is 0 Å². The smallest absolute Gasteiger partial charge is 0.375 e. The van der Waals surface area contributed by atoms with E-state index in [0.29, 0.717) is 5.69 Å². The lowest BCUT2D eigenvalue weighted by Gasteiger charge is -2.22. The van der Waals surface area contributed by atoms with Crippen molar-refractivity contribution in [3.63, 3.8) is 0 Å². The van der Waals surface area contributed by atoms with E-state index in [0.717, 1.165) is 0 Å². The third-order valence-electron chi connectivity index (χ3n) is 3.73. The van der Waals surface area contributed by atoms with Gasteiger partial charge in [-0.25, -0.2) is 0 Å². The molecule has 0 atom stereocenters. The standard InChI is InChI=1S/C20H20F3N3O2/c1-2-12-26(15-8-4-3-5-9-15)18(27)13-24-17-11-7-6-10-16(17)19(28)25-14-20(21,22)23/h2-11,24H,1,12-14H2,(H,25,28). The number of anilines is 2. The number of nitrogens with zero attached hydrogens (tertiary/aromatic N) is 1. The number of carbonyl (C=O) groups is 2. The quantitative estimate of drug-likeness (QED) is 0.676. The maximum Gasteiger partial charge on any atom is 0.405 e. The Morgan fingerprint density at radius 2 is 1.68 bits per heavy atom. The first-order chi connectivity index (χ1) is 13.3. The second-order valence-electron chi connectivity index (χ2n) is 5.83. The summed E-state index contributed by atoms with van der Waals surface area (Å²) in [7, 11) is 0. The van der Waals surface area contributed by atoms with Gasteiger partial charge >= 0.3 is 6.18 Å². The fourth-order valence-corrected chi connectivity index (χ4v) is 2.47. The molecule has 2 aromatic rings. The van der Waals surface area contributed by atoms with E-state index in [1.165, 1.54) is 23.1 Å². The van der Waals surface area contributed by atoms with Gasteiger partial charge in [0.05, 0.1) is 12.1 Å². The summed E-state index contributed by atoms with van der Waals surface area (Å²) in [6.07, 6.45) is -2.92. The van der Waals surface area contributed by atoms with Crippen LogP contribution in [0.2, 0.25) is 0 Å². The molecule has 2 aromatic carbocycles. The summed E-state index contributed by atoms with van der Waals surface area (Å²) in [5, 5.41) is 4.66. The van der Waals surface area contributed by atoms with Gasteiger partial charge < -0.3 is 15.5 Å². The Morgan fingerprint density at radius 1 is 1.04 bits per heavy atom. The number of hydrogen-bond acceptors (Lipinski definition) is 3. The average molecular weight is 391 g/mol. The highest BCUT2D eigenvalue weighted by molar-refractivity contribution is 6.01. The molecule has 0 unspecified atom stereocenters. The van der Waals surface area contributed by atoms with E-state index < -0.39 is 18.6 Å². The van der Waals surface area contributed by atoms with Gasteiger partial charge in [0.1, 0.15) is 6.54 Å². The Labute approximate surface area is 160 Å². The minimum atomic E-state index is -4.51. The Hall–Kier alpha value is -3.29. The number of halogens is 3. The van der Waals surface area contributed by atoms with Crippen molar-refractivity contribution in [2.45, 2.75) is 6.18 Å². The van der Waals surface area contributed by atoms with Crippen LogP contribution in [0.1, 0.15) is 10.4 Å². The van der Waals surface area contributed by atoms with Crippen LogP contribution < -0.4 is 15.5 Å². The first-order valence-corrected chi connectivity index (χ1v) is 8.46. The number of amides is 2. The monoisotopic (exact) mass is 391 g/mol. The number of para-hydroxylation sites is 2. The van der Waals surface area contributed by atoms with Crippen LogP contribution in [0.15, 0.2) is 67.3 Å². The average Bonchev–Trinajstić information content (AvgIpc) is 2.68. The lowest BCUT2D eigenvalue weighted by atomic mass is 10.1. The molecular weight excluding hydrogens is 371 g/mol. The predicted octanol–water partition coefficient (Wildman–Crippen LogP) is 3.61. The van der Waals surface area contributed by atoms with Crippen molar-refractivity contribution in [2.75, 3.05) is 29.9 Å². The van der Waals surface area contributed by atoms with Gasteiger partial charge in [-0.3, -0.25) is 9.59 Å². The van der Waals surface area contributed by atoms with E-state index in [1.54, 1.807) is 36.4 Å². The van der Waals surface area contributed by atoms with Crippen molar-refractivity contribution < 1.29 is 22.8 Å². The summed E-state index contributed by atoms with van der Waals surface area (Å²) in [6.45, 7) is 2.36. The van der Waals surface area contributed by atoms with E-state index in [1.807, 2.05) is 11.4 Å². The summed E-state index contributed by atoms with van der Waals surface area (Å²) in [4.78, 5) is 26.2. The molecule has 5 nitrogen and oxygen atoms in total. The Balaban J connectivity index is 2.08. The molecule has 0 saturated carbocycles. The SMILES string of the molecule is C=CCN(C(=O)CNc1ccccc1C(=O)NCC(F)(F)F)c1ccccc1. The van der Waals surface area contributed by atoms with Crippen LogP contribution in [0.3, 0.4) is 0 Å². The lowest BCUT2D eigenvalue weighted by molar-refractivity contribution is -0.123. The van der Waals surface area contributed by atoms with E-state index in [9.17, 15) is 22.8 Å². The van der Waals surface area contributed by atoms with Gasteiger partial charge in [-0.1, -0.05) is 36.4 Å². The van der Waals surface area contributed by atoms with Gasteiger partial charge in [0, 0.05) is 17.9 Å². The molecule has 0 fully saturated rings. The number of alkyl halides is 3. The Morgan fingerprint density at radius 3 is 2.32 bits per heavy atom. The van der Waals surface area contributed by atoms with Gasteiger partial charge in [-0.05, 0) is 24.3 Å². The molecule has 0 radical (unpaired) electrons. The van der Waals surface area contributed by atoms with Gasteiger partial charge in [0.25, 0.3) is 5.91 Å². The molecule has 0 bridgehead atoms. The first kappa shape index (κ1) is 21.0. The molecule has 0 spiro atoms. The van der Waals surface area contributed by atoms with Crippen molar-refractivity contribution in [2.24, 2.45) is 0 Å². The molecule has 0 aliphatic carbocycles. The highest BCUT2D eigenvalue weighted by atomic mass is 19.4. The number of benzene rings is 2. The third kappa shape index (κ3) is 6.15. The largest absolute Gasteiger partial charge is 0.405 e. The molecule has 2 amide bonds. The van der Waals surface area contributed by atoms with Crippen molar-refractivity contribution >= 4 is 23.2 Å². The Bertz CT molecular complexity index is 823. The third-order valence-corrected chi connectivity index (χ3v) is 3.73. The van der Waals surface area contributed by atoms with Crippen LogP contribution in [0.25, 0.3) is 0 Å². The summed E-state index contributed by atoms with van der Waals surface area (Å²) in [5.41, 5.74) is 0.974. The second kappa shape index (κ2) is 9.59. The number of hydrogen-bond donors (Lipinski definition) is 2. The minimum Gasteiger partial charge on any atom is -0.375 e. The molecule has 0 aliphatic rings. The highest BCUT2D eigenvalue weighted by Crippen LogP contribution is 2.18. The van der Waals surface area contributed by atoms with Gasteiger partial charge in [-0.15, -0.1) is 6.58 Å². The normalized spacial score (nSPS) is 10.8. The fraction of sp³-hybridized carbons (Fsp3) is 0.200. The van der Waals surface area contributed by atoms with Crippen LogP contribution in [-0.2, 0) is 4.79 Å². The van der Waals surface area contributed by atoms with Gasteiger partial charge in [0.15, 0.2) is 0 Å². The molecular formula is C20H20F3N3O2. The van der Waals surface area contributed by atoms with Crippen molar-refractivity contribution in [3.8, 4) is 0 Å². The number of nitrogens with one attached hydrogen (secondary N) is 2. The molecule has 28 heavy (non-hydrogen) atoms. The molecule has 8 heteroatoms. The zero-order chi connectivity index (χ0) is 20.6. The summed E-state index contributed by atoms with van der Waals surface area (Å²) < 4.78 is 37.0. The van der Waals surface area contributed by atoms with Gasteiger partial charge in [-0.2, -0.15) is 13.2 Å². The predicted molar refractivity (Wildman–Crippen MR) is 102 cm³/mol. The topological polar surface area (TPSA) is 61.4 Å². The maximum atomic E-state index is 12.6. The summed E-state index contributed by atoms with van der Waals surface area (Å²) in [6, 6.07) is 15.0. The molecule has 2 N–H and O–H groups in total. The fourth-order valence-electron chi connectivity index (χ4n) is 2.47. The molecule has 2 rings (SSSR count). The zero-order valence-corrected chi connectivity index (χ0v) is 15.0. The molecule has 148 valence electrons. The molecule has 0 aliphatic heterocycles. The van der Waals surface area contributed by atoms with Crippen LogP contribution in [0.4, 0.5) is 24.5 Å². The van der Waals surface area contributed by atoms with E-state index in [-0.39, 0.29) is 30.2 Å². The van der Waals surface area contributed by atoms with E-state index in [2.05, 4.69) is 11.9 Å². The van der Waals surface area contributed by atoms with Crippen molar-refractivity contribution in [1.82, 2.24) is 5.32 Å². The minimum absolute atomic E-state index is 0.0227. The van der Waals surface area contributed by atoms with Crippen LogP contribution in [-0.4, -0.2) is 37.6 Å². The van der Waals surface area contributed by atoms with E-state index >= 15 is 0 Å². The van der Waals surface area contributed by atoms with Crippen LogP contribution in [0.5, 0.6) is 0 Å². The Kier molecular flexibility index (Phi) is 7.20. The van der Waals surface area contributed by atoms with Crippen molar-refractivity contribution in [3.05, 3.63) is 72.8 Å². The number of carbonyl (C=O) groups excluding carboxylic acids is 2. The van der Waals surface area contributed by atoms with E-state index in [4.69, 9.17) is 0 Å². The second-order valence-corrected chi connectivity index (χ2v) is 5.83. The summed E-state index contributed by atoms with van der Waals surface area (Å²) >= 11 is 0. The molecule has 0 heterocycles.